The molecular weight excluding hydrogens is 328 g/mol. The highest BCUT2D eigenvalue weighted by Gasteiger charge is 2.33. The van der Waals surface area contributed by atoms with Gasteiger partial charge in [-0.15, -0.1) is 0 Å². The topological polar surface area (TPSA) is 63.4 Å². The maximum atomic E-state index is 12.6. The lowest BCUT2D eigenvalue weighted by atomic mass is 10.0. The van der Waals surface area contributed by atoms with Crippen molar-refractivity contribution in [2.24, 2.45) is 5.73 Å². The smallest absolute Gasteiger partial charge is 0.243 e. The summed E-state index contributed by atoms with van der Waals surface area (Å²) in [5.41, 5.74) is 6.80. The Bertz CT molecular complexity index is 574. The van der Waals surface area contributed by atoms with Crippen LogP contribution in [-0.2, 0) is 10.0 Å². The van der Waals surface area contributed by atoms with Gasteiger partial charge < -0.3 is 5.73 Å². The molecule has 106 valence electrons. The standard InChI is InChI=1S/C13H19BrN2O2S/c1-9-7-12(3-4-13(9)14)19(17,18)16-6-5-11(15)8-10(16)2/h3-4,7,10-11H,5-6,8,15H2,1-2H3/t10-,11+/m1/s1. The van der Waals surface area contributed by atoms with Crippen LogP contribution in [-0.4, -0.2) is 31.4 Å². The lowest BCUT2D eigenvalue weighted by molar-refractivity contribution is 0.247. The van der Waals surface area contributed by atoms with E-state index in [1.54, 1.807) is 22.5 Å². The zero-order chi connectivity index (χ0) is 14.2. The van der Waals surface area contributed by atoms with E-state index in [1.807, 2.05) is 13.8 Å². The molecular formula is C13H19BrN2O2S. The van der Waals surface area contributed by atoms with Crippen molar-refractivity contribution in [1.29, 1.82) is 0 Å². The summed E-state index contributed by atoms with van der Waals surface area (Å²) < 4.78 is 27.8. The van der Waals surface area contributed by atoms with Crippen molar-refractivity contribution in [2.45, 2.75) is 43.7 Å². The van der Waals surface area contributed by atoms with Gasteiger partial charge in [-0.3, -0.25) is 0 Å². The van der Waals surface area contributed by atoms with Gasteiger partial charge in [0.1, 0.15) is 0 Å². The van der Waals surface area contributed by atoms with E-state index in [9.17, 15) is 8.42 Å². The van der Waals surface area contributed by atoms with Crippen molar-refractivity contribution in [2.75, 3.05) is 6.54 Å². The molecule has 0 radical (unpaired) electrons. The van der Waals surface area contributed by atoms with E-state index in [-0.39, 0.29) is 12.1 Å². The van der Waals surface area contributed by atoms with Gasteiger partial charge in [0.15, 0.2) is 0 Å². The van der Waals surface area contributed by atoms with Crippen LogP contribution >= 0.6 is 15.9 Å². The Hall–Kier alpha value is -0.430. The molecule has 1 heterocycles. The molecule has 0 bridgehead atoms. The summed E-state index contributed by atoms with van der Waals surface area (Å²) in [7, 11) is -3.42. The summed E-state index contributed by atoms with van der Waals surface area (Å²) in [6.07, 6.45) is 1.44. The fourth-order valence-electron chi connectivity index (χ4n) is 2.46. The van der Waals surface area contributed by atoms with Gasteiger partial charge in [-0.1, -0.05) is 15.9 Å². The molecule has 2 N–H and O–H groups in total. The van der Waals surface area contributed by atoms with Crippen LogP contribution in [0.5, 0.6) is 0 Å². The Morgan fingerprint density at radius 1 is 1.42 bits per heavy atom. The van der Waals surface area contributed by atoms with E-state index in [0.29, 0.717) is 11.4 Å². The molecule has 2 atom stereocenters. The molecule has 1 fully saturated rings. The second kappa shape index (κ2) is 5.52. The summed E-state index contributed by atoms with van der Waals surface area (Å²) in [5, 5.41) is 0. The molecule has 0 spiro atoms. The van der Waals surface area contributed by atoms with Crippen molar-refractivity contribution in [3.63, 3.8) is 0 Å². The van der Waals surface area contributed by atoms with E-state index in [4.69, 9.17) is 5.73 Å². The number of nitrogens with two attached hydrogens (primary N) is 1. The number of aryl methyl sites for hydroxylation is 1. The zero-order valence-corrected chi connectivity index (χ0v) is 13.5. The maximum absolute atomic E-state index is 12.6. The quantitative estimate of drug-likeness (QED) is 0.893. The Balaban J connectivity index is 2.34. The third-order valence-electron chi connectivity index (χ3n) is 3.59. The Morgan fingerprint density at radius 2 is 2.11 bits per heavy atom. The minimum atomic E-state index is -3.42. The molecule has 19 heavy (non-hydrogen) atoms. The Labute approximate surface area is 123 Å². The highest BCUT2D eigenvalue weighted by atomic mass is 79.9. The maximum Gasteiger partial charge on any atom is 0.243 e. The third-order valence-corrected chi connectivity index (χ3v) is 6.49. The van der Waals surface area contributed by atoms with E-state index in [2.05, 4.69) is 15.9 Å². The molecule has 4 nitrogen and oxygen atoms in total. The number of hydrogen-bond donors (Lipinski definition) is 1. The van der Waals surface area contributed by atoms with Crippen molar-refractivity contribution in [1.82, 2.24) is 4.31 Å². The van der Waals surface area contributed by atoms with Crippen LogP contribution in [0, 0.1) is 6.92 Å². The lowest BCUT2D eigenvalue weighted by Gasteiger charge is -2.35. The largest absolute Gasteiger partial charge is 0.328 e. The number of piperidine rings is 1. The molecule has 6 heteroatoms. The summed E-state index contributed by atoms with van der Waals surface area (Å²) in [6.45, 7) is 4.31. The fourth-order valence-corrected chi connectivity index (χ4v) is 4.45. The van der Waals surface area contributed by atoms with Gasteiger partial charge in [-0.2, -0.15) is 4.31 Å². The van der Waals surface area contributed by atoms with E-state index in [0.717, 1.165) is 22.9 Å². The van der Waals surface area contributed by atoms with Crippen molar-refractivity contribution in [3.8, 4) is 0 Å². The molecule has 0 aliphatic carbocycles. The van der Waals surface area contributed by atoms with Crippen LogP contribution in [0.1, 0.15) is 25.3 Å². The first-order valence-corrected chi connectivity index (χ1v) is 8.59. The average molecular weight is 347 g/mol. The molecule has 0 aromatic heterocycles. The number of rotatable bonds is 2. The van der Waals surface area contributed by atoms with Crippen LogP contribution in [0.25, 0.3) is 0 Å². The van der Waals surface area contributed by atoms with E-state index in [1.165, 1.54) is 0 Å². The summed E-state index contributed by atoms with van der Waals surface area (Å²) in [5.74, 6) is 0. The van der Waals surface area contributed by atoms with Crippen molar-refractivity contribution in [3.05, 3.63) is 28.2 Å². The van der Waals surface area contributed by atoms with Crippen LogP contribution < -0.4 is 5.73 Å². The summed E-state index contributed by atoms with van der Waals surface area (Å²) in [6, 6.07) is 5.20. The zero-order valence-electron chi connectivity index (χ0n) is 11.1. The molecule has 1 aliphatic heterocycles. The Kier molecular flexibility index (Phi) is 4.35. The van der Waals surface area contributed by atoms with Crippen LogP contribution in [0.4, 0.5) is 0 Å². The summed E-state index contributed by atoms with van der Waals surface area (Å²) >= 11 is 3.39. The number of nitrogens with zero attached hydrogens (tertiary/aromatic N) is 1. The van der Waals surface area contributed by atoms with Crippen LogP contribution in [0.15, 0.2) is 27.6 Å². The highest BCUT2D eigenvalue weighted by molar-refractivity contribution is 9.10. The molecule has 0 amide bonds. The third kappa shape index (κ3) is 3.02. The normalized spacial score (nSPS) is 25.5. The van der Waals surface area contributed by atoms with Gasteiger partial charge in [0.2, 0.25) is 10.0 Å². The number of benzene rings is 1. The summed E-state index contributed by atoms with van der Waals surface area (Å²) in [4.78, 5) is 0.357. The van der Waals surface area contributed by atoms with Gasteiger partial charge in [-0.05, 0) is 50.5 Å². The molecule has 2 rings (SSSR count). The van der Waals surface area contributed by atoms with Gasteiger partial charge >= 0.3 is 0 Å². The molecule has 1 aliphatic rings. The van der Waals surface area contributed by atoms with Crippen LogP contribution in [0.3, 0.4) is 0 Å². The number of sulfonamides is 1. The van der Waals surface area contributed by atoms with Crippen molar-refractivity contribution < 1.29 is 8.42 Å². The number of halogens is 1. The van der Waals surface area contributed by atoms with Gasteiger partial charge in [0, 0.05) is 23.1 Å². The molecule has 0 unspecified atom stereocenters. The molecule has 0 saturated carbocycles. The monoisotopic (exact) mass is 346 g/mol. The van der Waals surface area contributed by atoms with E-state index >= 15 is 0 Å². The minimum Gasteiger partial charge on any atom is -0.328 e. The molecule has 1 saturated heterocycles. The predicted octanol–water partition coefficient (Wildman–Crippen LogP) is 2.26. The SMILES string of the molecule is Cc1cc(S(=O)(=O)N2CC[C@H](N)C[C@H]2C)ccc1Br. The first-order chi connectivity index (χ1) is 8.82. The van der Waals surface area contributed by atoms with Gasteiger partial charge in [0.05, 0.1) is 4.90 Å². The Morgan fingerprint density at radius 3 is 2.68 bits per heavy atom. The molecule has 1 aromatic carbocycles. The minimum absolute atomic E-state index is 0.0438. The number of hydrogen-bond acceptors (Lipinski definition) is 3. The van der Waals surface area contributed by atoms with Gasteiger partial charge in [0.25, 0.3) is 0 Å². The average Bonchev–Trinajstić information content (AvgIpc) is 2.32. The second-order valence-electron chi connectivity index (χ2n) is 5.16. The van der Waals surface area contributed by atoms with Crippen LogP contribution in [0.2, 0.25) is 0 Å². The first-order valence-electron chi connectivity index (χ1n) is 6.36. The van der Waals surface area contributed by atoms with E-state index < -0.39 is 10.0 Å². The van der Waals surface area contributed by atoms with Crippen molar-refractivity contribution >= 4 is 26.0 Å². The predicted molar refractivity (Wildman–Crippen MR) is 79.4 cm³/mol. The second-order valence-corrected chi connectivity index (χ2v) is 7.91. The van der Waals surface area contributed by atoms with Gasteiger partial charge in [-0.25, -0.2) is 8.42 Å². The lowest BCUT2D eigenvalue weighted by Crippen LogP contribution is -2.48. The highest BCUT2D eigenvalue weighted by Crippen LogP contribution is 2.27. The molecule has 1 aromatic rings. The fraction of sp³-hybridized carbons (Fsp3) is 0.538. The first kappa shape index (κ1) is 15.0.